The molecule has 0 bridgehead atoms. The van der Waals surface area contributed by atoms with E-state index in [0.717, 1.165) is 32.4 Å². The predicted molar refractivity (Wildman–Crippen MR) is 87.2 cm³/mol. The van der Waals surface area contributed by atoms with E-state index in [0.29, 0.717) is 5.56 Å². The predicted octanol–water partition coefficient (Wildman–Crippen LogP) is 4.48. The van der Waals surface area contributed by atoms with Crippen LogP contribution in [0.25, 0.3) is 10.9 Å². The molecule has 0 atom stereocenters. The van der Waals surface area contributed by atoms with Crippen molar-refractivity contribution in [2.45, 2.75) is 6.92 Å². The number of carbonyl (C=O) groups excluding carboxylic acids is 1. The van der Waals surface area contributed by atoms with Gasteiger partial charge in [0.05, 0.1) is 12.7 Å². The van der Waals surface area contributed by atoms with Gasteiger partial charge in [-0.1, -0.05) is 15.9 Å². The Morgan fingerprint density at radius 3 is 2.52 bits per heavy atom. The lowest BCUT2D eigenvalue weighted by molar-refractivity contribution is 0.103. The van der Waals surface area contributed by atoms with Gasteiger partial charge >= 0.3 is 0 Å². The van der Waals surface area contributed by atoms with Crippen LogP contribution in [-0.4, -0.2) is 17.9 Å². The number of aromatic amines is 1. The van der Waals surface area contributed by atoms with Gasteiger partial charge in [-0.25, -0.2) is 0 Å². The van der Waals surface area contributed by atoms with Crippen molar-refractivity contribution in [3.8, 4) is 5.75 Å². The Morgan fingerprint density at radius 2 is 1.86 bits per heavy atom. The second-order valence-corrected chi connectivity index (χ2v) is 5.79. The minimum absolute atomic E-state index is 0.0134. The highest BCUT2D eigenvalue weighted by atomic mass is 79.9. The molecule has 3 rings (SSSR count). The molecule has 1 aromatic heterocycles. The number of hydrogen-bond donors (Lipinski definition) is 1. The summed E-state index contributed by atoms with van der Waals surface area (Å²) in [5.41, 5.74) is 3.22. The molecule has 0 radical (unpaired) electrons. The smallest absolute Gasteiger partial charge is 0.195 e. The number of H-pyrrole nitrogens is 1. The van der Waals surface area contributed by atoms with Crippen molar-refractivity contribution in [1.29, 1.82) is 0 Å². The number of aryl methyl sites for hydroxylation is 1. The number of halogens is 1. The Morgan fingerprint density at radius 1 is 1.14 bits per heavy atom. The van der Waals surface area contributed by atoms with Gasteiger partial charge in [0, 0.05) is 26.6 Å². The lowest BCUT2D eigenvalue weighted by atomic mass is 10.0. The number of carbonyl (C=O) groups is 1. The number of aromatic nitrogens is 1. The third-order valence-electron chi connectivity index (χ3n) is 3.53. The average molecular weight is 344 g/mol. The van der Waals surface area contributed by atoms with Gasteiger partial charge in [0.1, 0.15) is 5.75 Å². The van der Waals surface area contributed by atoms with E-state index in [1.807, 2.05) is 25.1 Å². The van der Waals surface area contributed by atoms with Crippen molar-refractivity contribution in [3.63, 3.8) is 0 Å². The number of fused-ring (bicyclic) bond motifs is 1. The van der Waals surface area contributed by atoms with E-state index in [2.05, 4.69) is 20.9 Å². The third kappa shape index (κ3) is 2.47. The van der Waals surface area contributed by atoms with E-state index in [9.17, 15) is 4.79 Å². The van der Waals surface area contributed by atoms with Gasteiger partial charge in [0.25, 0.3) is 0 Å². The lowest BCUT2D eigenvalue weighted by Gasteiger charge is -2.04. The molecule has 106 valence electrons. The molecule has 1 heterocycles. The summed E-state index contributed by atoms with van der Waals surface area (Å²) < 4.78 is 6.08. The zero-order valence-electron chi connectivity index (χ0n) is 11.7. The van der Waals surface area contributed by atoms with Crippen molar-refractivity contribution in [2.75, 3.05) is 7.11 Å². The van der Waals surface area contributed by atoms with Crippen LogP contribution in [0.2, 0.25) is 0 Å². The number of rotatable bonds is 3. The molecule has 21 heavy (non-hydrogen) atoms. The molecule has 4 heteroatoms. The van der Waals surface area contributed by atoms with Crippen LogP contribution in [0.4, 0.5) is 0 Å². The molecule has 3 aromatic rings. The lowest BCUT2D eigenvalue weighted by Crippen LogP contribution is -2.02. The van der Waals surface area contributed by atoms with Crippen LogP contribution < -0.4 is 4.74 Å². The molecule has 0 saturated heterocycles. The molecule has 0 unspecified atom stereocenters. The molecule has 0 fully saturated rings. The topological polar surface area (TPSA) is 42.1 Å². The molecular weight excluding hydrogens is 330 g/mol. The van der Waals surface area contributed by atoms with E-state index >= 15 is 0 Å². The van der Waals surface area contributed by atoms with Crippen LogP contribution in [0.5, 0.6) is 5.75 Å². The van der Waals surface area contributed by atoms with Gasteiger partial charge < -0.3 is 9.72 Å². The fraction of sp³-hybridized carbons (Fsp3) is 0.118. The van der Waals surface area contributed by atoms with Gasteiger partial charge in [-0.2, -0.15) is 0 Å². The zero-order chi connectivity index (χ0) is 15.0. The summed E-state index contributed by atoms with van der Waals surface area (Å²) in [5.74, 6) is 0.754. The summed E-state index contributed by atoms with van der Waals surface area (Å²) in [6, 6.07) is 13.1. The Kier molecular flexibility index (Phi) is 3.55. The fourth-order valence-electron chi connectivity index (χ4n) is 2.48. The standard InChI is InChI=1S/C17H14BrNO2/c1-10-16(14-9-12(18)5-8-15(14)19-10)17(20)11-3-6-13(21-2)7-4-11/h3-9,19H,1-2H3. The van der Waals surface area contributed by atoms with Gasteiger partial charge in [-0.05, 0) is 49.4 Å². The SMILES string of the molecule is COc1ccc(C(=O)c2c(C)[nH]c3ccc(Br)cc23)cc1. The van der Waals surface area contributed by atoms with Crippen LogP contribution in [0.3, 0.4) is 0 Å². The summed E-state index contributed by atoms with van der Waals surface area (Å²) >= 11 is 3.46. The molecule has 0 aliphatic rings. The largest absolute Gasteiger partial charge is 0.497 e. The minimum atomic E-state index is 0.0134. The quantitative estimate of drug-likeness (QED) is 0.712. The maximum absolute atomic E-state index is 12.8. The number of ketones is 1. The second kappa shape index (κ2) is 5.37. The zero-order valence-corrected chi connectivity index (χ0v) is 13.3. The molecular formula is C17H14BrNO2. The first-order chi connectivity index (χ1) is 10.1. The van der Waals surface area contributed by atoms with E-state index in [1.54, 1.807) is 31.4 Å². The monoisotopic (exact) mass is 343 g/mol. The number of benzene rings is 2. The minimum Gasteiger partial charge on any atom is -0.497 e. The maximum atomic E-state index is 12.8. The molecule has 3 nitrogen and oxygen atoms in total. The summed E-state index contributed by atoms with van der Waals surface area (Å²) in [5, 5.41) is 0.933. The van der Waals surface area contributed by atoms with Crippen LogP contribution in [0.1, 0.15) is 21.6 Å². The van der Waals surface area contributed by atoms with Crippen molar-refractivity contribution in [1.82, 2.24) is 4.98 Å². The molecule has 1 N–H and O–H groups in total. The highest BCUT2D eigenvalue weighted by Crippen LogP contribution is 2.28. The van der Waals surface area contributed by atoms with Crippen LogP contribution in [-0.2, 0) is 0 Å². The first-order valence-electron chi connectivity index (χ1n) is 6.56. The van der Waals surface area contributed by atoms with Gasteiger partial charge in [0.2, 0.25) is 0 Å². The van der Waals surface area contributed by atoms with Crippen LogP contribution in [0, 0.1) is 6.92 Å². The normalized spacial score (nSPS) is 10.8. The Hall–Kier alpha value is -2.07. The summed E-state index contributed by atoms with van der Waals surface area (Å²) in [7, 11) is 1.61. The van der Waals surface area contributed by atoms with Crippen LogP contribution >= 0.6 is 15.9 Å². The second-order valence-electron chi connectivity index (χ2n) is 4.87. The van der Waals surface area contributed by atoms with Gasteiger partial charge in [-0.3, -0.25) is 4.79 Å². The van der Waals surface area contributed by atoms with Crippen molar-refractivity contribution < 1.29 is 9.53 Å². The number of methoxy groups -OCH3 is 1. The van der Waals surface area contributed by atoms with E-state index in [4.69, 9.17) is 4.74 Å². The highest BCUT2D eigenvalue weighted by Gasteiger charge is 2.17. The molecule has 0 amide bonds. The Bertz CT molecular complexity index is 819. The number of ether oxygens (including phenoxy) is 1. The first-order valence-corrected chi connectivity index (χ1v) is 7.36. The average Bonchev–Trinajstić information content (AvgIpc) is 2.82. The molecule has 0 aliphatic heterocycles. The highest BCUT2D eigenvalue weighted by molar-refractivity contribution is 9.10. The Balaban J connectivity index is 2.12. The third-order valence-corrected chi connectivity index (χ3v) is 4.02. The van der Waals surface area contributed by atoms with E-state index in [1.165, 1.54) is 0 Å². The van der Waals surface area contributed by atoms with Crippen molar-refractivity contribution >= 4 is 32.6 Å². The van der Waals surface area contributed by atoms with Crippen molar-refractivity contribution in [3.05, 3.63) is 63.8 Å². The van der Waals surface area contributed by atoms with Gasteiger partial charge in [-0.15, -0.1) is 0 Å². The number of hydrogen-bond acceptors (Lipinski definition) is 2. The molecule has 0 spiro atoms. The Labute approximate surface area is 131 Å². The first kappa shape index (κ1) is 13.9. The van der Waals surface area contributed by atoms with E-state index < -0.39 is 0 Å². The number of nitrogens with one attached hydrogen (secondary N) is 1. The van der Waals surface area contributed by atoms with Crippen LogP contribution in [0.15, 0.2) is 46.9 Å². The summed E-state index contributed by atoms with van der Waals surface area (Å²) in [6.07, 6.45) is 0. The van der Waals surface area contributed by atoms with E-state index in [-0.39, 0.29) is 5.78 Å². The fourth-order valence-corrected chi connectivity index (χ4v) is 2.84. The van der Waals surface area contributed by atoms with Crippen molar-refractivity contribution in [2.24, 2.45) is 0 Å². The summed E-state index contributed by atoms with van der Waals surface area (Å²) in [4.78, 5) is 16.0. The maximum Gasteiger partial charge on any atom is 0.195 e. The molecule has 0 saturated carbocycles. The molecule has 0 aliphatic carbocycles. The van der Waals surface area contributed by atoms with Gasteiger partial charge in [0.15, 0.2) is 5.78 Å². The molecule has 2 aromatic carbocycles. The summed E-state index contributed by atoms with van der Waals surface area (Å²) in [6.45, 7) is 1.92.